The fourth-order valence-electron chi connectivity index (χ4n) is 7.42. The van der Waals surface area contributed by atoms with Gasteiger partial charge in [0.2, 0.25) is 0 Å². The van der Waals surface area contributed by atoms with Gasteiger partial charge in [0.25, 0.3) is 0 Å². The third-order valence-corrected chi connectivity index (χ3v) is 9.57. The molecule has 0 bridgehead atoms. The van der Waals surface area contributed by atoms with Gasteiger partial charge in [-0.05, 0) is 76.7 Å². The van der Waals surface area contributed by atoms with Crippen molar-refractivity contribution in [1.82, 2.24) is 4.57 Å². The maximum atomic E-state index is 2.49. The van der Waals surface area contributed by atoms with Crippen LogP contribution in [0.15, 0.2) is 170 Å². The molecule has 2 aliphatic rings. The second-order valence-electron chi connectivity index (χ2n) is 12.2. The number of fused-ring (bicyclic) bond motifs is 6. The second-order valence-corrected chi connectivity index (χ2v) is 12.2. The van der Waals surface area contributed by atoms with E-state index in [1.54, 1.807) is 0 Å². The SMILES string of the molecule is C1=CC2c3ccccc3N(c3ccc(-c4ccc(Cc5ccc(-n6c7ccccc7c7ccccc76)cc5)cc4)cc3)C2C=C1. The number of nitrogens with zero attached hydrogens (tertiary/aromatic N) is 2. The molecule has 2 unspecified atom stereocenters. The fourth-order valence-corrected chi connectivity index (χ4v) is 7.42. The van der Waals surface area contributed by atoms with Gasteiger partial charge in [0, 0.05) is 33.8 Å². The van der Waals surface area contributed by atoms with Gasteiger partial charge in [0.1, 0.15) is 0 Å². The predicted molar refractivity (Wildman–Crippen MR) is 189 cm³/mol. The van der Waals surface area contributed by atoms with Crippen molar-refractivity contribution in [3.8, 4) is 16.8 Å². The van der Waals surface area contributed by atoms with E-state index in [0.29, 0.717) is 12.0 Å². The molecule has 214 valence electrons. The third kappa shape index (κ3) is 4.33. The average molecular weight is 577 g/mol. The molecule has 45 heavy (non-hydrogen) atoms. The van der Waals surface area contributed by atoms with Crippen LogP contribution >= 0.6 is 0 Å². The quantitative estimate of drug-likeness (QED) is 0.198. The van der Waals surface area contributed by atoms with Crippen molar-refractivity contribution in [2.75, 3.05) is 4.90 Å². The van der Waals surface area contributed by atoms with Crippen molar-refractivity contribution >= 4 is 33.2 Å². The molecule has 1 aliphatic heterocycles. The standard InChI is InChI=1S/C43H32N2/c1-5-13-40-36(9-1)37-10-2-6-14-41(37)44(40)34-25-19-31(20-26-34)29-30-17-21-32(22-18-30)33-23-27-35(28-24-33)45-42-15-7-3-11-38(42)39-12-4-8-16-43(39)45/h1-28,38,42H,29H2. The molecule has 2 heterocycles. The van der Waals surface area contributed by atoms with Gasteiger partial charge in [0.05, 0.1) is 17.1 Å². The Kier molecular flexibility index (Phi) is 6.05. The molecule has 0 saturated heterocycles. The van der Waals surface area contributed by atoms with E-state index < -0.39 is 0 Å². The van der Waals surface area contributed by atoms with Crippen LogP contribution < -0.4 is 4.90 Å². The number of hydrogen-bond donors (Lipinski definition) is 0. The summed E-state index contributed by atoms with van der Waals surface area (Å²) in [7, 11) is 0. The molecule has 0 fully saturated rings. The van der Waals surface area contributed by atoms with E-state index in [0.717, 1.165) is 6.42 Å². The van der Waals surface area contributed by atoms with E-state index in [2.05, 4.69) is 179 Å². The Balaban J connectivity index is 0.937. The molecule has 9 rings (SSSR count). The first-order valence-electron chi connectivity index (χ1n) is 15.8. The number of para-hydroxylation sites is 3. The molecule has 0 radical (unpaired) electrons. The summed E-state index contributed by atoms with van der Waals surface area (Å²) in [6.07, 6.45) is 9.92. The molecule has 1 aromatic heterocycles. The summed E-state index contributed by atoms with van der Waals surface area (Å²) >= 11 is 0. The highest BCUT2D eigenvalue weighted by molar-refractivity contribution is 6.09. The summed E-state index contributed by atoms with van der Waals surface area (Å²) in [5.41, 5.74) is 12.7. The van der Waals surface area contributed by atoms with Crippen molar-refractivity contribution < 1.29 is 0 Å². The van der Waals surface area contributed by atoms with E-state index in [1.807, 2.05) is 0 Å². The highest BCUT2D eigenvalue weighted by Crippen LogP contribution is 2.47. The summed E-state index contributed by atoms with van der Waals surface area (Å²) in [6.45, 7) is 0. The monoisotopic (exact) mass is 576 g/mol. The van der Waals surface area contributed by atoms with Gasteiger partial charge < -0.3 is 9.47 Å². The van der Waals surface area contributed by atoms with Gasteiger partial charge in [-0.2, -0.15) is 0 Å². The molecule has 6 aromatic carbocycles. The van der Waals surface area contributed by atoms with Crippen LogP contribution in [0.1, 0.15) is 22.6 Å². The number of anilines is 2. The summed E-state index contributed by atoms with van der Waals surface area (Å²) in [4.78, 5) is 2.49. The molecule has 2 nitrogen and oxygen atoms in total. The van der Waals surface area contributed by atoms with Crippen LogP contribution in [0.25, 0.3) is 38.6 Å². The van der Waals surface area contributed by atoms with Crippen LogP contribution in [0.3, 0.4) is 0 Å². The first-order valence-corrected chi connectivity index (χ1v) is 15.8. The number of benzene rings is 6. The topological polar surface area (TPSA) is 8.17 Å². The summed E-state index contributed by atoms with van der Waals surface area (Å²) in [6, 6.07) is 53.7. The Hall–Kier alpha value is -5.60. The highest BCUT2D eigenvalue weighted by atomic mass is 15.2. The van der Waals surface area contributed by atoms with E-state index in [1.165, 1.54) is 66.7 Å². The molecule has 0 saturated carbocycles. The Bertz CT molecular complexity index is 2180. The zero-order valence-electron chi connectivity index (χ0n) is 24.9. The molecule has 2 atom stereocenters. The van der Waals surface area contributed by atoms with Crippen molar-refractivity contribution in [3.05, 3.63) is 187 Å². The van der Waals surface area contributed by atoms with Gasteiger partial charge in [0.15, 0.2) is 0 Å². The Morgan fingerprint density at radius 3 is 1.69 bits per heavy atom. The van der Waals surface area contributed by atoms with E-state index >= 15 is 0 Å². The maximum absolute atomic E-state index is 2.49. The number of allylic oxidation sites excluding steroid dienone is 2. The van der Waals surface area contributed by atoms with Crippen LogP contribution in [-0.4, -0.2) is 10.6 Å². The first-order chi connectivity index (χ1) is 22.3. The largest absolute Gasteiger partial charge is 0.333 e. The number of aromatic nitrogens is 1. The summed E-state index contributed by atoms with van der Waals surface area (Å²) in [5, 5.41) is 2.58. The average Bonchev–Trinajstić information content (AvgIpc) is 3.62. The number of rotatable bonds is 5. The normalized spacial score (nSPS) is 16.8. The lowest BCUT2D eigenvalue weighted by atomic mass is 9.91. The smallest absolute Gasteiger partial charge is 0.0629 e. The zero-order chi connectivity index (χ0) is 29.7. The van der Waals surface area contributed by atoms with Crippen LogP contribution in [0.2, 0.25) is 0 Å². The third-order valence-electron chi connectivity index (χ3n) is 9.57. The lowest BCUT2D eigenvalue weighted by molar-refractivity contribution is 0.745. The van der Waals surface area contributed by atoms with E-state index in [9.17, 15) is 0 Å². The Morgan fingerprint density at radius 1 is 0.467 bits per heavy atom. The van der Waals surface area contributed by atoms with Crippen molar-refractivity contribution in [1.29, 1.82) is 0 Å². The lowest BCUT2D eigenvalue weighted by Crippen LogP contribution is -2.28. The summed E-state index contributed by atoms with van der Waals surface area (Å²) in [5.74, 6) is 0.406. The molecule has 7 aromatic rings. The van der Waals surface area contributed by atoms with Crippen LogP contribution in [0, 0.1) is 0 Å². The van der Waals surface area contributed by atoms with Crippen molar-refractivity contribution in [2.24, 2.45) is 0 Å². The van der Waals surface area contributed by atoms with Crippen molar-refractivity contribution in [3.63, 3.8) is 0 Å². The molecular weight excluding hydrogens is 544 g/mol. The van der Waals surface area contributed by atoms with Crippen LogP contribution in [0.5, 0.6) is 0 Å². The van der Waals surface area contributed by atoms with Crippen LogP contribution in [0.4, 0.5) is 11.4 Å². The van der Waals surface area contributed by atoms with E-state index in [-0.39, 0.29) is 0 Å². The highest BCUT2D eigenvalue weighted by Gasteiger charge is 2.36. The minimum Gasteiger partial charge on any atom is -0.333 e. The van der Waals surface area contributed by atoms with Gasteiger partial charge in [-0.3, -0.25) is 0 Å². The molecule has 0 N–H and O–H groups in total. The second kappa shape index (κ2) is 10.5. The zero-order valence-corrected chi connectivity index (χ0v) is 24.9. The van der Waals surface area contributed by atoms with Gasteiger partial charge >= 0.3 is 0 Å². The fraction of sp³-hybridized carbons (Fsp3) is 0.0698. The van der Waals surface area contributed by atoms with Gasteiger partial charge in [-0.15, -0.1) is 0 Å². The van der Waals surface area contributed by atoms with Gasteiger partial charge in [-0.25, -0.2) is 0 Å². The molecule has 0 amide bonds. The minimum absolute atomic E-state index is 0.327. The summed E-state index contributed by atoms with van der Waals surface area (Å²) < 4.78 is 2.37. The Morgan fingerprint density at radius 2 is 1.00 bits per heavy atom. The predicted octanol–water partition coefficient (Wildman–Crippen LogP) is 10.8. The molecule has 0 spiro atoms. The van der Waals surface area contributed by atoms with Gasteiger partial charge in [-0.1, -0.05) is 127 Å². The van der Waals surface area contributed by atoms with E-state index in [4.69, 9.17) is 0 Å². The molecule has 1 aliphatic carbocycles. The molecule has 2 heteroatoms. The number of hydrogen-bond acceptors (Lipinski definition) is 1. The van der Waals surface area contributed by atoms with Crippen molar-refractivity contribution in [2.45, 2.75) is 18.4 Å². The van der Waals surface area contributed by atoms with Crippen LogP contribution in [-0.2, 0) is 6.42 Å². The Labute approximate surface area is 263 Å². The lowest BCUT2D eigenvalue weighted by Gasteiger charge is -2.28. The maximum Gasteiger partial charge on any atom is 0.0629 e. The molecular formula is C43H32N2. The first kappa shape index (κ1) is 25.9. The minimum atomic E-state index is 0.327.